The van der Waals surface area contributed by atoms with Crippen molar-refractivity contribution in [1.82, 2.24) is 4.90 Å². The van der Waals surface area contributed by atoms with Gasteiger partial charge in [0.1, 0.15) is 6.61 Å². The molecule has 0 spiro atoms. The lowest BCUT2D eigenvalue weighted by atomic mass is 9.98. The van der Waals surface area contributed by atoms with Gasteiger partial charge in [-0.25, -0.2) is 0 Å². The Morgan fingerprint density at radius 3 is 2.62 bits per heavy atom. The second-order valence-corrected chi connectivity index (χ2v) is 6.66. The molecule has 7 heteroatoms. The van der Waals surface area contributed by atoms with Crippen molar-refractivity contribution in [3.8, 4) is 0 Å². The lowest BCUT2D eigenvalue weighted by Gasteiger charge is -2.26. The molecule has 0 saturated carbocycles. The summed E-state index contributed by atoms with van der Waals surface area (Å²) in [5.74, 6) is -1.20. The topological polar surface area (TPSA) is 63.7 Å². The van der Waals surface area contributed by atoms with Crippen molar-refractivity contribution >= 4 is 41.0 Å². The van der Waals surface area contributed by atoms with Crippen LogP contribution in [0.15, 0.2) is 42.5 Å². The summed E-state index contributed by atoms with van der Waals surface area (Å²) in [5, 5.41) is 0.799. The van der Waals surface area contributed by atoms with E-state index in [-0.39, 0.29) is 37.8 Å². The first-order valence-electron chi connectivity index (χ1n) is 7.98. The van der Waals surface area contributed by atoms with Crippen LogP contribution in [0.1, 0.15) is 27.9 Å². The first kappa shape index (κ1) is 18.4. The smallest absolute Gasteiger partial charge is 0.307 e. The number of imide groups is 1. The van der Waals surface area contributed by atoms with Gasteiger partial charge in [-0.2, -0.15) is 0 Å². The summed E-state index contributed by atoms with van der Waals surface area (Å²) < 4.78 is 5.16. The lowest BCUT2D eigenvalue weighted by Crippen LogP contribution is -2.43. The number of ether oxygens (including phenoxy) is 1. The standard InChI is InChI=1S/C19H15Cl2NO4/c20-15-6-5-12(9-16(15)21)11-26-18(24)7-8-22-17(23)10-13-3-1-2-4-14(13)19(22)25/h1-6,9H,7-8,10-11H2. The van der Waals surface area contributed by atoms with Crippen LogP contribution in [0.3, 0.4) is 0 Å². The minimum atomic E-state index is -0.504. The van der Waals surface area contributed by atoms with Crippen LogP contribution in [0, 0.1) is 0 Å². The molecule has 0 saturated heterocycles. The summed E-state index contributed by atoms with van der Waals surface area (Å²) in [6.07, 6.45) is 0.0845. The number of esters is 1. The number of fused-ring (bicyclic) bond motifs is 1. The van der Waals surface area contributed by atoms with Crippen molar-refractivity contribution in [2.45, 2.75) is 19.4 Å². The lowest BCUT2D eigenvalue weighted by molar-refractivity contribution is -0.145. The van der Waals surface area contributed by atoms with Gasteiger partial charge >= 0.3 is 5.97 Å². The molecular formula is C19H15Cl2NO4. The molecule has 0 unspecified atom stereocenters. The minimum absolute atomic E-state index is 0.00773. The highest BCUT2D eigenvalue weighted by atomic mass is 35.5. The Labute approximate surface area is 160 Å². The monoisotopic (exact) mass is 391 g/mol. The van der Waals surface area contributed by atoms with E-state index in [2.05, 4.69) is 0 Å². The highest BCUT2D eigenvalue weighted by Gasteiger charge is 2.30. The molecule has 2 amide bonds. The summed E-state index contributed by atoms with van der Waals surface area (Å²) in [5.41, 5.74) is 1.91. The van der Waals surface area contributed by atoms with Gasteiger partial charge in [-0.15, -0.1) is 0 Å². The molecule has 0 atom stereocenters. The maximum Gasteiger partial charge on any atom is 0.307 e. The van der Waals surface area contributed by atoms with Gasteiger partial charge in [0.25, 0.3) is 5.91 Å². The normalized spacial score (nSPS) is 13.5. The first-order valence-corrected chi connectivity index (χ1v) is 8.73. The van der Waals surface area contributed by atoms with Gasteiger partial charge in [-0.05, 0) is 29.3 Å². The quantitative estimate of drug-likeness (QED) is 0.576. The second kappa shape index (κ2) is 7.89. The average molecular weight is 392 g/mol. The van der Waals surface area contributed by atoms with Gasteiger partial charge in [0.05, 0.1) is 22.9 Å². The maximum absolute atomic E-state index is 12.4. The Morgan fingerprint density at radius 2 is 1.85 bits per heavy atom. The Morgan fingerprint density at radius 1 is 1.08 bits per heavy atom. The predicted molar refractivity (Wildman–Crippen MR) is 97.1 cm³/mol. The van der Waals surface area contributed by atoms with Gasteiger partial charge in [0, 0.05) is 12.1 Å². The molecule has 0 aromatic heterocycles. The zero-order valence-corrected chi connectivity index (χ0v) is 15.2. The van der Waals surface area contributed by atoms with Crippen molar-refractivity contribution in [1.29, 1.82) is 0 Å². The number of halogens is 2. The Hall–Kier alpha value is -2.37. The van der Waals surface area contributed by atoms with Gasteiger partial charge < -0.3 is 4.74 Å². The zero-order valence-electron chi connectivity index (χ0n) is 13.7. The van der Waals surface area contributed by atoms with Crippen LogP contribution in [0.2, 0.25) is 10.0 Å². The fourth-order valence-electron chi connectivity index (χ4n) is 2.69. The van der Waals surface area contributed by atoms with E-state index in [1.165, 1.54) is 0 Å². The van der Waals surface area contributed by atoms with Crippen LogP contribution in [0.4, 0.5) is 0 Å². The number of carbonyl (C=O) groups is 3. The Bertz CT molecular complexity index is 882. The van der Waals surface area contributed by atoms with Crippen LogP contribution in [-0.4, -0.2) is 29.2 Å². The molecule has 0 aliphatic carbocycles. The van der Waals surface area contributed by atoms with E-state index in [0.717, 1.165) is 4.90 Å². The van der Waals surface area contributed by atoms with Crippen molar-refractivity contribution in [2.24, 2.45) is 0 Å². The van der Waals surface area contributed by atoms with E-state index in [9.17, 15) is 14.4 Å². The van der Waals surface area contributed by atoms with Crippen LogP contribution in [0.5, 0.6) is 0 Å². The molecule has 1 aliphatic rings. The van der Waals surface area contributed by atoms with Crippen LogP contribution >= 0.6 is 23.2 Å². The molecule has 1 aliphatic heterocycles. The number of carbonyl (C=O) groups excluding carboxylic acids is 3. The highest BCUT2D eigenvalue weighted by molar-refractivity contribution is 6.42. The molecule has 0 N–H and O–H groups in total. The van der Waals surface area contributed by atoms with Crippen molar-refractivity contribution in [2.75, 3.05) is 6.54 Å². The number of rotatable bonds is 5. The molecule has 3 rings (SSSR count). The second-order valence-electron chi connectivity index (χ2n) is 5.84. The molecule has 5 nitrogen and oxygen atoms in total. The third-order valence-electron chi connectivity index (χ3n) is 4.06. The van der Waals surface area contributed by atoms with Crippen LogP contribution < -0.4 is 0 Å². The summed E-state index contributed by atoms with van der Waals surface area (Å²) in [6, 6.07) is 11.9. The fourth-order valence-corrected chi connectivity index (χ4v) is 3.02. The summed E-state index contributed by atoms with van der Waals surface area (Å²) in [6.45, 7) is 0.0344. The van der Waals surface area contributed by atoms with E-state index in [1.54, 1.807) is 42.5 Å². The summed E-state index contributed by atoms with van der Waals surface area (Å²) >= 11 is 11.7. The molecule has 134 valence electrons. The first-order chi connectivity index (χ1) is 12.5. The van der Waals surface area contributed by atoms with E-state index in [1.807, 2.05) is 0 Å². The van der Waals surface area contributed by atoms with Gasteiger partial charge in [-0.3, -0.25) is 19.3 Å². The largest absolute Gasteiger partial charge is 0.461 e. The number of nitrogens with zero attached hydrogens (tertiary/aromatic N) is 1. The molecule has 2 aromatic carbocycles. The molecule has 2 aromatic rings. The van der Waals surface area contributed by atoms with Gasteiger partial charge in [0.15, 0.2) is 0 Å². The average Bonchev–Trinajstić information content (AvgIpc) is 2.62. The van der Waals surface area contributed by atoms with E-state index < -0.39 is 5.97 Å². The highest BCUT2D eigenvalue weighted by Crippen LogP contribution is 2.23. The van der Waals surface area contributed by atoms with Crippen LogP contribution in [0.25, 0.3) is 0 Å². The number of hydrogen-bond acceptors (Lipinski definition) is 4. The van der Waals surface area contributed by atoms with E-state index in [0.29, 0.717) is 26.7 Å². The molecular weight excluding hydrogens is 377 g/mol. The van der Waals surface area contributed by atoms with E-state index >= 15 is 0 Å². The number of amides is 2. The molecule has 26 heavy (non-hydrogen) atoms. The molecule has 1 heterocycles. The maximum atomic E-state index is 12.4. The number of benzene rings is 2. The predicted octanol–water partition coefficient (Wildman–Crippen LogP) is 3.65. The third kappa shape index (κ3) is 4.06. The van der Waals surface area contributed by atoms with Crippen molar-refractivity contribution < 1.29 is 19.1 Å². The zero-order chi connectivity index (χ0) is 18.7. The van der Waals surface area contributed by atoms with Gasteiger partial charge in [-0.1, -0.05) is 47.5 Å². The summed E-state index contributed by atoms with van der Waals surface area (Å²) in [7, 11) is 0. The van der Waals surface area contributed by atoms with E-state index in [4.69, 9.17) is 27.9 Å². The number of hydrogen-bond donors (Lipinski definition) is 0. The van der Waals surface area contributed by atoms with Gasteiger partial charge in [0.2, 0.25) is 5.91 Å². The fraction of sp³-hybridized carbons (Fsp3) is 0.211. The van der Waals surface area contributed by atoms with Crippen molar-refractivity contribution in [3.63, 3.8) is 0 Å². The Kier molecular flexibility index (Phi) is 5.59. The molecule has 0 fully saturated rings. The molecule has 0 bridgehead atoms. The third-order valence-corrected chi connectivity index (χ3v) is 4.80. The van der Waals surface area contributed by atoms with Crippen molar-refractivity contribution in [3.05, 3.63) is 69.2 Å². The SMILES string of the molecule is O=C(CCN1C(=O)Cc2ccccc2C1=O)OCc1ccc(Cl)c(Cl)c1. The Balaban J connectivity index is 1.55. The minimum Gasteiger partial charge on any atom is -0.461 e. The van der Waals surface area contributed by atoms with Crippen LogP contribution in [-0.2, 0) is 27.4 Å². The summed E-state index contributed by atoms with van der Waals surface area (Å²) in [4.78, 5) is 37.6. The molecule has 0 radical (unpaired) electrons.